The van der Waals surface area contributed by atoms with E-state index in [1.807, 2.05) is 42.5 Å². The van der Waals surface area contributed by atoms with Gasteiger partial charge >= 0.3 is 0 Å². The summed E-state index contributed by atoms with van der Waals surface area (Å²) in [6.45, 7) is 1.61. The van der Waals surface area contributed by atoms with Gasteiger partial charge in [-0.15, -0.1) is 0 Å². The van der Waals surface area contributed by atoms with Crippen LogP contribution < -0.4 is 14.8 Å². The molecule has 0 saturated carbocycles. The number of carbonyl (C=O) groups is 2. The number of hydrogen-bond acceptors (Lipinski definition) is 5. The number of rotatable bonds is 8. The fraction of sp³-hybridized carbons (Fsp3) is 0.350. The normalized spacial score (nSPS) is 16.3. The predicted octanol–water partition coefficient (Wildman–Crippen LogP) is 1.63. The van der Waals surface area contributed by atoms with Crippen molar-refractivity contribution in [2.75, 3.05) is 26.8 Å². The third kappa shape index (κ3) is 5.20. The Morgan fingerprint density at radius 1 is 1.22 bits per heavy atom. The lowest BCUT2D eigenvalue weighted by molar-refractivity contribution is -0.129. The molecule has 2 heterocycles. The highest BCUT2D eigenvalue weighted by atomic mass is 16.5. The molecule has 2 amide bonds. The first kappa shape index (κ1) is 18.7. The Kier molecular flexibility index (Phi) is 6.25. The molecule has 0 radical (unpaired) electrons. The van der Waals surface area contributed by atoms with Crippen molar-refractivity contribution in [3.63, 3.8) is 0 Å². The van der Waals surface area contributed by atoms with Crippen LogP contribution in [0.25, 0.3) is 0 Å². The Morgan fingerprint density at radius 2 is 2.00 bits per heavy atom. The molecular formula is C20H23N3O4. The Hall–Kier alpha value is -3.09. The zero-order valence-corrected chi connectivity index (χ0v) is 15.3. The molecule has 0 aliphatic carbocycles. The zero-order valence-electron chi connectivity index (χ0n) is 15.3. The summed E-state index contributed by atoms with van der Waals surface area (Å²) in [6, 6.07) is 12.8. The van der Waals surface area contributed by atoms with E-state index >= 15 is 0 Å². The maximum absolute atomic E-state index is 12.3. The molecular weight excluding hydrogens is 346 g/mol. The first-order valence-electron chi connectivity index (χ1n) is 8.88. The van der Waals surface area contributed by atoms with Gasteiger partial charge in [0.1, 0.15) is 18.1 Å². The number of ether oxygens (including phenoxy) is 2. The highest BCUT2D eigenvalue weighted by Crippen LogP contribution is 2.19. The number of nitrogens with zero attached hydrogens (tertiary/aromatic N) is 2. The van der Waals surface area contributed by atoms with Crippen LogP contribution in [-0.2, 0) is 16.1 Å². The van der Waals surface area contributed by atoms with Crippen molar-refractivity contribution in [2.45, 2.75) is 13.0 Å². The molecule has 27 heavy (non-hydrogen) atoms. The maximum Gasteiger partial charge on any atom is 0.225 e. The molecule has 1 aromatic heterocycles. The average Bonchev–Trinajstić information content (AvgIpc) is 3.08. The molecule has 0 bridgehead atoms. The maximum atomic E-state index is 12.3. The molecule has 3 rings (SSSR count). The van der Waals surface area contributed by atoms with Crippen molar-refractivity contribution in [3.05, 3.63) is 54.4 Å². The van der Waals surface area contributed by atoms with Gasteiger partial charge < -0.3 is 19.7 Å². The van der Waals surface area contributed by atoms with Gasteiger partial charge in [-0.3, -0.25) is 14.6 Å². The number of likely N-dealkylation sites (tertiary alicyclic amines) is 1. The molecule has 1 aliphatic rings. The average molecular weight is 369 g/mol. The summed E-state index contributed by atoms with van der Waals surface area (Å²) in [7, 11) is 1.61. The number of amides is 2. The summed E-state index contributed by atoms with van der Waals surface area (Å²) in [6.07, 6.45) is 1.92. The molecule has 1 aromatic carbocycles. The van der Waals surface area contributed by atoms with Gasteiger partial charge in [0, 0.05) is 19.2 Å². The standard InChI is InChI=1S/C20H23N3O4/c1-26-17-5-7-18(8-6-17)27-11-10-23-14-15(12-19(23)24)20(25)22-13-16-4-2-3-9-21-16/h2-9,15H,10-14H2,1H3,(H,22,25). The fourth-order valence-corrected chi connectivity index (χ4v) is 2.93. The summed E-state index contributed by atoms with van der Waals surface area (Å²) >= 11 is 0. The van der Waals surface area contributed by atoms with E-state index in [1.54, 1.807) is 18.2 Å². The number of nitrogens with one attached hydrogen (secondary N) is 1. The van der Waals surface area contributed by atoms with E-state index in [9.17, 15) is 9.59 Å². The van der Waals surface area contributed by atoms with Crippen molar-refractivity contribution >= 4 is 11.8 Å². The molecule has 7 nitrogen and oxygen atoms in total. The summed E-state index contributed by atoms with van der Waals surface area (Å²) < 4.78 is 10.8. The smallest absolute Gasteiger partial charge is 0.225 e. The van der Waals surface area contributed by atoms with Crippen LogP contribution >= 0.6 is 0 Å². The summed E-state index contributed by atoms with van der Waals surface area (Å²) in [5.41, 5.74) is 0.792. The van der Waals surface area contributed by atoms with Gasteiger partial charge in [0.25, 0.3) is 0 Å². The van der Waals surface area contributed by atoms with Crippen LogP contribution in [0.5, 0.6) is 11.5 Å². The molecule has 1 N–H and O–H groups in total. The lowest BCUT2D eigenvalue weighted by atomic mass is 10.1. The minimum absolute atomic E-state index is 0.0219. The Morgan fingerprint density at radius 3 is 2.70 bits per heavy atom. The molecule has 1 saturated heterocycles. The van der Waals surface area contributed by atoms with Crippen molar-refractivity contribution in [1.29, 1.82) is 0 Å². The first-order valence-corrected chi connectivity index (χ1v) is 8.88. The first-order chi connectivity index (χ1) is 13.2. The Labute approximate surface area is 158 Å². The van der Waals surface area contributed by atoms with E-state index < -0.39 is 0 Å². The number of aromatic nitrogens is 1. The Bertz CT molecular complexity index is 765. The van der Waals surface area contributed by atoms with Crippen LogP contribution in [0.3, 0.4) is 0 Å². The van der Waals surface area contributed by atoms with Crippen LogP contribution in [0.4, 0.5) is 0 Å². The van der Waals surface area contributed by atoms with Crippen LogP contribution in [-0.4, -0.2) is 48.5 Å². The van der Waals surface area contributed by atoms with Crippen LogP contribution in [0.15, 0.2) is 48.7 Å². The molecule has 142 valence electrons. The number of methoxy groups -OCH3 is 1. The predicted molar refractivity (Wildman–Crippen MR) is 99.3 cm³/mol. The molecule has 1 aliphatic heterocycles. The highest BCUT2D eigenvalue weighted by Gasteiger charge is 2.33. The molecule has 1 unspecified atom stereocenters. The molecule has 1 atom stereocenters. The molecule has 0 spiro atoms. The van der Waals surface area contributed by atoms with Gasteiger partial charge in [-0.05, 0) is 36.4 Å². The van der Waals surface area contributed by atoms with Crippen molar-refractivity contribution < 1.29 is 19.1 Å². The number of carbonyl (C=O) groups excluding carboxylic acids is 2. The SMILES string of the molecule is COc1ccc(OCCN2CC(C(=O)NCc3ccccn3)CC2=O)cc1. The molecule has 1 fully saturated rings. The van der Waals surface area contributed by atoms with E-state index in [-0.39, 0.29) is 24.2 Å². The number of benzene rings is 1. The van der Waals surface area contributed by atoms with E-state index in [0.717, 1.165) is 11.4 Å². The van der Waals surface area contributed by atoms with Crippen LogP contribution in [0.2, 0.25) is 0 Å². The second-order valence-electron chi connectivity index (χ2n) is 6.30. The quantitative estimate of drug-likeness (QED) is 0.765. The monoisotopic (exact) mass is 369 g/mol. The van der Waals surface area contributed by atoms with Gasteiger partial charge in [0.05, 0.1) is 31.8 Å². The van der Waals surface area contributed by atoms with Gasteiger partial charge in [-0.1, -0.05) is 6.07 Å². The summed E-state index contributed by atoms with van der Waals surface area (Å²) in [4.78, 5) is 30.3. The molecule has 2 aromatic rings. The van der Waals surface area contributed by atoms with Gasteiger partial charge in [0.2, 0.25) is 11.8 Å². The second kappa shape index (κ2) is 9.02. The van der Waals surface area contributed by atoms with E-state index in [2.05, 4.69) is 10.3 Å². The second-order valence-corrected chi connectivity index (χ2v) is 6.30. The minimum atomic E-state index is -0.331. The lowest BCUT2D eigenvalue weighted by Crippen LogP contribution is -2.34. The van der Waals surface area contributed by atoms with Gasteiger partial charge in [-0.2, -0.15) is 0 Å². The van der Waals surface area contributed by atoms with Gasteiger partial charge in [-0.25, -0.2) is 0 Å². The third-order valence-corrected chi connectivity index (χ3v) is 4.44. The number of pyridine rings is 1. The summed E-state index contributed by atoms with van der Waals surface area (Å²) in [5, 5.41) is 2.85. The van der Waals surface area contributed by atoms with Crippen molar-refractivity contribution in [3.8, 4) is 11.5 Å². The number of hydrogen-bond donors (Lipinski definition) is 1. The third-order valence-electron chi connectivity index (χ3n) is 4.44. The van der Waals surface area contributed by atoms with E-state index in [1.165, 1.54) is 0 Å². The Balaban J connectivity index is 1.42. The van der Waals surface area contributed by atoms with E-state index in [4.69, 9.17) is 9.47 Å². The summed E-state index contributed by atoms with van der Waals surface area (Å²) in [5.74, 6) is 1.00. The van der Waals surface area contributed by atoms with E-state index in [0.29, 0.717) is 32.0 Å². The van der Waals surface area contributed by atoms with Gasteiger partial charge in [0.15, 0.2) is 0 Å². The lowest BCUT2D eigenvalue weighted by Gasteiger charge is -2.17. The fourth-order valence-electron chi connectivity index (χ4n) is 2.93. The van der Waals surface area contributed by atoms with Crippen LogP contribution in [0.1, 0.15) is 12.1 Å². The zero-order chi connectivity index (χ0) is 19.1. The van der Waals surface area contributed by atoms with Crippen molar-refractivity contribution in [1.82, 2.24) is 15.2 Å². The van der Waals surface area contributed by atoms with Crippen molar-refractivity contribution in [2.24, 2.45) is 5.92 Å². The van der Waals surface area contributed by atoms with Crippen LogP contribution in [0, 0.1) is 5.92 Å². The molecule has 7 heteroatoms. The minimum Gasteiger partial charge on any atom is -0.497 e. The highest BCUT2D eigenvalue weighted by molar-refractivity contribution is 5.89. The topological polar surface area (TPSA) is 80.8 Å². The largest absolute Gasteiger partial charge is 0.497 e.